The molecular formula is C20H15FN2O2. The molecule has 0 fully saturated rings. The summed E-state index contributed by atoms with van der Waals surface area (Å²) in [5, 5.41) is 3.91. The number of hydrazone groups is 1. The van der Waals surface area contributed by atoms with Crippen LogP contribution in [0.1, 0.15) is 15.9 Å². The van der Waals surface area contributed by atoms with Crippen molar-refractivity contribution >= 4 is 12.1 Å². The van der Waals surface area contributed by atoms with Crippen LogP contribution >= 0.6 is 0 Å². The maximum absolute atomic E-state index is 12.8. The highest BCUT2D eigenvalue weighted by molar-refractivity contribution is 5.94. The lowest BCUT2D eigenvalue weighted by Crippen LogP contribution is -2.17. The third kappa shape index (κ3) is 4.75. The van der Waals surface area contributed by atoms with Crippen molar-refractivity contribution < 1.29 is 13.9 Å². The van der Waals surface area contributed by atoms with Crippen LogP contribution in [0.25, 0.3) is 0 Å². The van der Waals surface area contributed by atoms with Gasteiger partial charge in [0.25, 0.3) is 5.91 Å². The first-order valence-electron chi connectivity index (χ1n) is 7.63. The van der Waals surface area contributed by atoms with Gasteiger partial charge in [0.1, 0.15) is 17.3 Å². The lowest BCUT2D eigenvalue weighted by molar-refractivity contribution is 0.0955. The summed E-state index contributed by atoms with van der Waals surface area (Å²) in [7, 11) is 0. The summed E-state index contributed by atoms with van der Waals surface area (Å²) in [6.45, 7) is 0. The molecule has 25 heavy (non-hydrogen) atoms. The lowest BCUT2D eigenvalue weighted by atomic mass is 10.2. The predicted octanol–water partition coefficient (Wildman–Crippen LogP) is 4.38. The number of benzene rings is 3. The van der Waals surface area contributed by atoms with Crippen molar-refractivity contribution in [2.75, 3.05) is 0 Å². The summed E-state index contributed by atoms with van der Waals surface area (Å²) in [6, 6.07) is 22.0. The molecule has 0 radical (unpaired) electrons. The third-order valence-corrected chi connectivity index (χ3v) is 3.32. The molecule has 3 rings (SSSR count). The van der Waals surface area contributed by atoms with Gasteiger partial charge in [-0.3, -0.25) is 4.79 Å². The molecule has 1 amide bonds. The van der Waals surface area contributed by atoms with Crippen LogP contribution in [-0.4, -0.2) is 12.1 Å². The van der Waals surface area contributed by atoms with Gasteiger partial charge >= 0.3 is 0 Å². The number of nitrogens with one attached hydrogen (secondary N) is 1. The Hall–Kier alpha value is -3.47. The Morgan fingerprint density at radius 2 is 1.64 bits per heavy atom. The zero-order valence-corrected chi connectivity index (χ0v) is 13.2. The molecule has 0 aliphatic carbocycles. The second kappa shape index (κ2) is 7.88. The summed E-state index contributed by atoms with van der Waals surface area (Å²) in [5.41, 5.74) is 3.51. The highest BCUT2D eigenvalue weighted by Gasteiger charge is 2.03. The fourth-order valence-corrected chi connectivity index (χ4v) is 2.11. The van der Waals surface area contributed by atoms with Crippen LogP contribution in [0.4, 0.5) is 4.39 Å². The van der Waals surface area contributed by atoms with E-state index < -0.39 is 11.7 Å². The van der Waals surface area contributed by atoms with Crippen LogP contribution < -0.4 is 10.2 Å². The van der Waals surface area contributed by atoms with Gasteiger partial charge in [0.2, 0.25) is 0 Å². The van der Waals surface area contributed by atoms with Gasteiger partial charge in [-0.15, -0.1) is 0 Å². The van der Waals surface area contributed by atoms with E-state index in [4.69, 9.17) is 4.74 Å². The van der Waals surface area contributed by atoms with Crippen molar-refractivity contribution in [3.8, 4) is 11.5 Å². The standard InChI is InChI=1S/C20H15FN2O2/c21-17-11-9-16(10-12-17)20(24)23-22-14-15-5-4-8-19(13-15)25-18-6-2-1-3-7-18/h1-14H,(H,23,24). The molecule has 0 saturated heterocycles. The molecule has 1 N–H and O–H groups in total. The fourth-order valence-electron chi connectivity index (χ4n) is 2.11. The zero-order valence-electron chi connectivity index (χ0n) is 13.2. The van der Waals surface area contributed by atoms with Crippen molar-refractivity contribution in [1.82, 2.24) is 5.43 Å². The molecule has 0 heterocycles. The van der Waals surface area contributed by atoms with Gasteiger partial charge in [0.15, 0.2) is 0 Å². The van der Waals surface area contributed by atoms with Crippen LogP contribution in [0, 0.1) is 5.82 Å². The Morgan fingerprint density at radius 1 is 0.920 bits per heavy atom. The molecule has 0 aromatic heterocycles. The van der Waals surface area contributed by atoms with E-state index in [1.54, 1.807) is 6.07 Å². The highest BCUT2D eigenvalue weighted by atomic mass is 19.1. The van der Waals surface area contributed by atoms with Crippen molar-refractivity contribution in [2.24, 2.45) is 5.10 Å². The average Bonchev–Trinajstić information content (AvgIpc) is 2.63. The number of halogens is 1. The topological polar surface area (TPSA) is 50.7 Å². The summed E-state index contributed by atoms with van der Waals surface area (Å²) >= 11 is 0. The zero-order chi connectivity index (χ0) is 17.5. The minimum absolute atomic E-state index is 0.333. The molecule has 0 spiro atoms. The van der Waals surface area contributed by atoms with E-state index in [9.17, 15) is 9.18 Å². The molecule has 0 bridgehead atoms. The number of hydrogen-bond acceptors (Lipinski definition) is 3. The molecule has 4 nitrogen and oxygen atoms in total. The fraction of sp³-hybridized carbons (Fsp3) is 0. The van der Waals surface area contributed by atoms with E-state index in [2.05, 4.69) is 10.5 Å². The maximum atomic E-state index is 12.8. The first kappa shape index (κ1) is 16.4. The summed E-state index contributed by atoms with van der Waals surface area (Å²) in [6.07, 6.45) is 1.51. The number of hydrogen-bond donors (Lipinski definition) is 1. The second-order valence-corrected chi connectivity index (χ2v) is 5.19. The number of ether oxygens (including phenoxy) is 1. The number of rotatable bonds is 5. The van der Waals surface area contributed by atoms with Crippen molar-refractivity contribution in [3.05, 3.63) is 95.8 Å². The molecule has 124 valence electrons. The van der Waals surface area contributed by atoms with Crippen LogP contribution in [0.5, 0.6) is 11.5 Å². The Labute approximate surface area is 144 Å². The van der Waals surface area contributed by atoms with Crippen molar-refractivity contribution in [1.29, 1.82) is 0 Å². The van der Waals surface area contributed by atoms with E-state index in [0.717, 1.165) is 11.3 Å². The quantitative estimate of drug-likeness (QED) is 0.556. The van der Waals surface area contributed by atoms with Crippen LogP contribution in [-0.2, 0) is 0 Å². The summed E-state index contributed by atoms with van der Waals surface area (Å²) < 4.78 is 18.6. The highest BCUT2D eigenvalue weighted by Crippen LogP contribution is 2.21. The predicted molar refractivity (Wildman–Crippen MR) is 94.4 cm³/mol. The largest absolute Gasteiger partial charge is 0.457 e. The lowest BCUT2D eigenvalue weighted by Gasteiger charge is -2.05. The molecular weight excluding hydrogens is 319 g/mol. The van der Waals surface area contributed by atoms with Crippen LogP contribution in [0.3, 0.4) is 0 Å². The van der Waals surface area contributed by atoms with Crippen LogP contribution in [0.15, 0.2) is 84.0 Å². The van der Waals surface area contributed by atoms with E-state index in [1.165, 1.54) is 30.5 Å². The molecule has 0 aliphatic rings. The molecule has 3 aromatic rings. The summed E-state index contributed by atoms with van der Waals surface area (Å²) in [4.78, 5) is 11.9. The summed E-state index contributed by atoms with van der Waals surface area (Å²) in [5.74, 6) is 0.601. The SMILES string of the molecule is O=C(NN=Cc1cccc(Oc2ccccc2)c1)c1ccc(F)cc1. The van der Waals surface area contributed by atoms with Crippen molar-refractivity contribution in [3.63, 3.8) is 0 Å². The van der Waals surface area contributed by atoms with E-state index in [1.807, 2.05) is 48.5 Å². The Kier molecular flexibility index (Phi) is 5.16. The smallest absolute Gasteiger partial charge is 0.271 e. The molecule has 0 atom stereocenters. The van der Waals surface area contributed by atoms with Gasteiger partial charge in [-0.1, -0.05) is 30.3 Å². The molecule has 0 unspecified atom stereocenters. The number of carbonyl (C=O) groups excluding carboxylic acids is 1. The first-order valence-corrected chi connectivity index (χ1v) is 7.63. The second-order valence-electron chi connectivity index (χ2n) is 5.19. The minimum Gasteiger partial charge on any atom is -0.457 e. The first-order chi connectivity index (χ1) is 12.2. The number of carbonyl (C=O) groups is 1. The van der Waals surface area contributed by atoms with Gasteiger partial charge < -0.3 is 4.74 Å². The molecule has 0 aliphatic heterocycles. The molecule has 0 saturated carbocycles. The van der Waals surface area contributed by atoms with Gasteiger partial charge in [-0.25, -0.2) is 9.82 Å². The monoisotopic (exact) mass is 334 g/mol. The number of para-hydroxylation sites is 1. The van der Waals surface area contributed by atoms with E-state index in [0.29, 0.717) is 11.3 Å². The van der Waals surface area contributed by atoms with Gasteiger partial charge in [-0.2, -0.15) is 5.10 Å². The third-order valence-electron chi connectivity index (χ3n) is 3.32. The Morgan fingerprint density at radius 3 is 2.40 bits per heavy atom. The van der Waals surface area contributed by atoms with E-state index >= 15 is 0 Å². The average molecular weight is 334 g/mol. The number of amides is 1. The van der Waals surface area contributed by atoms with Crippen molar-refractivity contribution in [2.45, 2.75) is 0 Å². The van der Waals surface area contributed by atoms with E-state index in [-0.39, 0.29) is 0 Å². The Bertz CT molecular complexity index is 878. The Balaban J connectivity index is 1.62. The van der Waals surface area contributed by atoms with Crippen LogP contribution in [0.2, 0.25) is 0 Å². The van der Waals surface area contributed by atoms with Gasteiger partial charge in [0, 0.05) is 5.56 Å². The molecule has 3 aromatic carbocycles. The normalized spacial score (nSPS) is 10.6. The van der Waals surface area contributed by atoms with Gasteiger partial charge in [0.05, 0.1) is 6.21 Å². The molecule has 5 heteroatoms. The minimum atomic E-state index is -0.409. The number of nitrogens with zero attached hydrogens (tertiary/aromatic N) is 1. The maximum Gasteiger partial charge on any atom is 0.271 e. The van der Waals surface area contributed by atoms with Gasteiger partial charge in [-0.05, 0) is 54.1 Å².